The van der Waals surface area contributed by atoms with Gasteiger partial charge in [-0.1, -0.05) is 61.9 Å². The zero-order valence-corrected chi connectivity index (χ0v) is 23.5. The first-order valence-corrected chi connectivity index (χ1v) is 13.3. The van der Waals surface area contributed by atoms with Crippen LogP contribution in [-0.2, 0) is 17.8 Å². The summed E-state index contributed by atoms with van der Waals surface area (Å²) in [6.45, 7) is 9.91. The number of nitrogens with zero attached hydrogens (tertiary/aromatic N) is 1. The number of allylic oxidation sites excluding steroid dienone is 1. The molecule has 3 aromatic rings. The van der Waals surface area contributed by atoms with Gasteiger partial charge in [0.05, 0.1) is 18.4 Å². The fraction of sp³-hybridized carbons (Fsp3) is 0.258. The van der Waals surface area contributed by atoms with Crippen molar-refractivity contribution in [3.05, 3.63) is 106 Å². The zero-order chi connectivity index (χ0) is 29.1. The molecule has 1 atom stereocenters. The third-order valence-corrected chi connectivity index (χ3v) is 6.26. The van der Waals surface area contributed by atoms with Crippen LogP contribution in [0.25, 0.3) is 0 Å². The monoisotopic (exact) mass is 565 g/mol. The van der Waals surface area contributed by atoms with Gasteiger partial charge in [-0.3, -0.25) is 9.59 Å². The zero-order valence-electron chi connectivity index (χ0n) is 22.7. The van der Waals surface area contributed by atoms with E-state index >= 15 is 0 Å². The normalized spacial score (nSPS) is 11.8. The smallest absolute Gasteiger partial charge is 0.262 e. The second kappa shape index (κ2) is 14.8. The minimum absolute atomic E-state index is 0.139. The Kier molecular flexibility index (Phi) is 11.3. The standard InChI is InChI=1S/C31H33ClFN3O4/c1-5-11-22-16-21(17-27(39-6-2)29(22)40-19-23-12-7-9-14-25(23)32)18-34-36-31(38)28(20(3)4)35-30(37)24-13-8-10-15-26(24)33/h5,7-10,12-18,20,28H,1,6,11,19H2,2-4H3,(H,35,37)(H,36,38)/b34-18+. The fourth-order valence-electron chi connectivity index (χ4n) is 3.90. The molecule has 3 aromatic carbocycles. The van der Waals surface area contributed by atoms with Crippen LogP contribution in [0.1, 0.15) is 47.8 Å². The number of rotatable bonds is 13. The van der Waals surface area contributed by atoms with E-state index in [-0.39, 0.29) is 18.1 Å². The van der Waals surface area contributed by atoms with E-state index < -0.39 is 23.7 Å². The average molecular weight is 566 g/mol. The third-order valence-electron chi connectivity index (χ3n) is 5.89. The number of hydrogen-bond acceptors (Lipinski definition) is 5. The molecule has 0 saturated heterocycles. The van der Waals surface area contributed by atoms with E-state index in [0.29, 0.717) is 35.1 Å². The first-order chi connectivity index (χ1) is 19.2. The number of halogens is 2. The number of benzene rings is 3. The number of ether oxygens (including phenoxy) is 2. The van der Waals surface area contributed by atoms with Crippen LogP contribution in [0, 0.1) is 11.7 Å². The van der Waals surface area contributed by atoms with Gasteiger partial charge in [0.25, 0.3) is 11.8 Å². The molecule has 0 aliphatic rings. The minimum atomic E-state index is -0.930. The lowest BCUT2D eigenvalue weighted by molar-refractivity contribution is -0.123. The number of carbonyl (C=O) groups excluding carboxylic acids is 2. The molecule has 0 spiro atoms. The molecule has 0 radical (unpaired) electrons. The Morgan fingerprint density at radius 3 is 2.48 bits per heavy atom. The highest BCUT2D eigenvalue weighted by atomic mass is 35.5. The van der Waals surface area contributed by atoms with Crippen LogP contribution in [0.2, 0.25) is 5.02 Å². The molecular formula is C31H33ClFN3O4. The molecule has 1 unspecified atom stereocenters. The number of hydrogen-bond donors (Lipinski definition) is 2. The van der Waals surface area contributed by atoms with Gasteiger partial charge in [-0.2, -0.15) is 5.10 Å². The fourth-order valence-corrected chi connectivity index (χ4v) is 4.09. The summed E-state index contributed by atoms with van der Waals surface area (Å²) in [5, 5.41) is 7.29. The number of carbonyl (C=O) groups is 2. The third kappa shape index (κ3) is 8.16. The number of nitrogens with one attached hydrogen (secondary N) is 2. The van der Waals surface area contributed by atoms with Crippen molar-refractivity contribution in [1.29, 1.82) is 0 Å². The Bertz CT molecular complexity index is 1380. The van der Waals surface area contributed by atoms with Crippen molar-refractivity contribution in [2.24, 2.45) is 11.0 Å². The predicted octanol–water partition coefficient (Wildman–Crippen LogP) is 6.09. The van der Waals surface area contributed by atoms with E-state index in [1.165, 1.54) is 24.4 Å². The van der Waals surface area contributed by atoms with Crippen molar-refractivity contribution < 1.29 is 23.5 Å². The highest BCUT2D eigenvalue weighted by Crippen LogP contribution is 2.34. The van der Waals surface area contributed by atoms with Crippen molar-refractivity contribution in [1.82, 2.24) is 10.7 Å². The molecule has 2 N–H and O–H groups in total. The maximum atomic E-state index is 14.0. The van der Waals surface area contributed by atoms with Crippen LogP contribution in [0.5, 0.6) is 11.5 Å². The second-order valence-corrected chi connectivity index (χ2v) is 9.63. The second-order valence-electron chi connectivity index (χ2n) is 9.22. The highest BCUT2D eigenvalue weighted by molar-refractivity contribution is 6.31. The van der Waals surface area contributed by atoms with Gasteiger partial charge in [-0.25, -0.2) is 9.82 Å². The summed E-state index contributed by atoms with van der Waals surface area (Å²) in [5.41, 5.74) is 4.64. The molecule has 210 valence electrons. The molecule has 0 aliphatic carbocycles. The molecule has 9 heteroatoms. The van der Waals surface area contributed by atoms with Gasteiger partial charge in [-0.05, 0) is 55.2 Å². The van der Waals surface area contributed by atoms with Gasteiger partial charge < -0.3 is 14.8 Å². The van der Waals surface area contributed by atoms with Crippen molar-refractivity contribution in [2.45, 2.75) is 39.8 Å². The van der Waals surface area contributed by atoms with E-state index in [1.807, 2.05) is 31.2 Å². The lowest BCUT2D eigenvalue weighted by atomic mass is 10.0. The molecule has 0 fully saturated rings. The quantitative estimate of drug-likeness (QED) is 0.149. The molecule has 0 bridgehead atoms. The van der Waals surface area contributed by atoms with Crippen LogP contribution < -0.4 is 20.2 Å². The molecule has 0 aliphatic heterocycles. The molecule has 3 rings (SSSR count). The topological polar surface area (TPSA) is 89.0 Å². The Hall–Kier alpha value is -4.17. The van der Waals surface area contributed by atoms with E-state index in [1.54, 1.807) is 38.1 Å². The predicted molar refractivity (Wildman–Crippen MR) is 156 cm³/mol. The maximum Gasteiger partial charge on any atom is 0.262 e. The molecule has 40 heavy (non-hydrogen) atoms. The minimum Gasteiger partial charge on any atom is -0.490 e. The summed E-state index contributed by atoms with van der Waals surface area (Å²) < 4.78 is 26.0. The number of amides is 2. The molecular weight excluding hydrogens is 533 g/mol. The molecule has 2 amide bonds. The van der Waals surface area contributed by atoms with Crippen molar-refractivity contribution in [3.8, 4) is 11.5 Å². The van der Waals surface area contributed by atoms with Gasteiger partial charge in [0.15, 0.2) is 11.5 Å². The Labute approximate surface area is 239 Å². The van der Waals surface area contributed by atoms with Gasteiger partial charge in [0.1, 0.15) is 18.5 Å². The lowest BCUT2D eigenvalue weighted by Crippen LogP contribution is -2.48. The summed E-state index contributed by atoms with van der Waals surface area (Å²) in [5.74, 6) is -1.08. The molecule has 0 heterocycles. The lowest BCUT2D eigenvalue weighted by Gasteiger charge is -2.20. The average Bonchev–Trinajstić information content (AvgIpc) is 2.92. The van der Waals surface area contributed by atoms with E-state index in [9.17, 15) is 14.0 Å². The van der Waals surface area contributed by atoms with Gasteiger partial charge >= 0.3 is 0 Å². The van der Waals surface area contributed by atoms with Crippen LogP contribution in [0.15, 0.2) is 78.4 Å². The van der Waals surface area contributed by atoms with Gasteiger partial charge in [0.2, 0.25) is 0 Å². The Balaban J connectivity index is 1.77. The van der Waals surface area contributed by atoms with Gasteiger partial charge in [-0.15, -0.1) is 6.58 Å². The summed E-state index contributed by atoms with van der Waals surface area (Å²) in [7, 11) is 0. The summed E-state index contributed by atoms with van der Waals surface area (Å²) in [4.78, 5) is 25.4. The molecule has 0 aromatic heterocycles. The van der Waals surface area contributed by atoms with Crippen molar-refractivity contribution in [2.75, 3.05) is 6.61 Å². The van der Waals surface area contributed by atoms with Crippen molar-refractivity contribution >= 4 is 29.6 Å². The first-order valence-electron chi connectivity index (χ1n) is 12.9. The largest absolute Gasteiger partial charge is 0.490 e. The van der Waals surface area contributed by atoms with Crippen molar-refractivity contribution in [3.63, 3.8) is 0 Å². The van der Waals surface area contributed by atoms with E-state index in [2.05, 4.69) is 22.4 Å². The Morgan fingerprint density at radius 2 is 1.80 bits per heavy atom. The molecule has 0 saturated carbocycles. The maximum absolute atomic E-state index is 14.0. The van der Waals surface area contributed by atoms with Gasteiger partial charge in [0, 0.05) is 16.1 Å². The Morgan fingerprint density at radius 1 is 1.07 bits per heavy atom. The van der Waals surface area contributed by atoms with E-state index in [4.69, 9.17) is 21.1 Å². The summed E-state index contributed by atoms with van der Waals surface area (Å²) in [6.07, 6.45) is 3.73. The van der Waals surface area contributed by atoms with Crippen LogP contribution in [0.3, 0.4) is 0 Å². The summed E-state index contributed by atoms with van der Waals surface area (Å²) >= 11 is 6.29. The van der Waals surface area contributed by atoms with Crippen LogP contribution in [-0.4, -0.2) is 30.7 Å². The number of hydrazone groups is 1. The first kappa shape index (κ1) is 30.4. The van der Waals surface area contributed by atoms with Crippen LogP contribution >= 0.6 is 11.6 Å². The SMILES string of the molecule is C=CCc1cc(/C=N/NC(=O)C(NC(=O)c2ccccc2F)C(C)C)cc(OCC)c1OCc1ccccc1Cl. The van der Waals surface area contributed by atoms with Crippen LogP contribution in [0.4, 0.5) is 4.39 Å². The van der Waals surface area contributed by atoms with E-state index in [0.717, 1.165) is 11.1 Å². The summed E-state index contributed by atoms with van der Waals surface area (Å²) in [6, 6.07) is 15.7. The highest BCUT2D eigenvalue weighted by Gasteiger charge is 2.25. The molecule has 7 nitrogen and oxygen atoms in total.